The first kappa shape index (κ1) is 15.5. The van der Waals surface area contributed by atoms with Crippen molar-refractivity contribution in [3.05, 3.63) is 102 Å². The van der Waals surface area contributed by atoms with Crippen LogP contribution in [-0.4, -0.2) is 8.07 Å². The van der Waals surface area contributed by atoms with Crippen molar-refractivity contribution in [2.24, 2.45) is 0 Å². The van der Waals surface area contributed by atoms with Gasteiger partial charge in [0.2, 0.25) is 0 Å². The number of rotatable bonds is 4. The lowest BCUT2D eigenvalue weighted by Crippen LogP contribution is -2.68. The summed E-state index contributed by atoms with van der Waals surface area (Å²) in [7, 11) is -2.17. The molecule has 0 heterocycles. The second-order valence-corrected chi connectivity index (χ2v) is 9.84. The molecular weight excluding hydrogens is 292 g/mol. The van der Waals surface area contributed by atoms with Crippen molar-refractivity contribution in [1.82, 2.24) is 0 Å². The highest BCUT2D eigenvalue weighted by Gasteiger charge is 2.40. The maximum absolute atomic E-state index is 2.29. The van der Waals surface area contributed by atoms with E-state index in [1.165, 1.54) is 20.8 Å². The summed E-state index contributed by atoms with van der Waals surface area (Å²) in [5, 5.41) is 5.79. The summed E-state index contributed by atoms with van der Waals surface area (Å²) < 4.78 is 0. The van der Waals surface area contributed by atoms with E-state index in [1.807, 2.05) is 0 Å². The molecule has 0 bridgehead atoms. The lowest BCUT2D eigenvalue weighted by Gasteiger charge is -2.34. The quantitative estimate of drug-likeness (QED) is 0.509. The van der Waals surface area contributed by atoms with Gasteiger partial charge in [0.1, 0.15) is 0 Å². The van der Waals surface area contributed by atoms with Gasteiger partial charge in [0.05, 0.1) is 0 Å². The van der Waals surface area contributed by atoms with Crippen LogP contribution in [0, 0.1) is 0 Å². The first-order chi connectivity index (χ1) is 11.3. The molecule has 3 rings (SSSR count). The molecule has 0 aliphatic rings. The second-order valence-electron chi connectivity index (χ2n) is 5.82. The van der Waals surface area contributed by atoms with Gasteiger partial charge < -0.3 is 0 Å². The van der Waals surface area contributed by atoms with E-state index in [4.69, 9.17) is 0 Å². The van der Waals surface area contributed by atoms with Gasteiger partial charge >= 0.3 is 0 Å². The third-order valence-electron chi connectivity index (χ3n) is 4.64. The molecule has 0 unspecified atom stereocenters. The molecule has 23 heavy (non-hydrogen) atoms. The van der Waals surface area contributed by atoms with E-state index >= 15 is 0 Å². The Labute approximate surface area is 140 Å². The Bertz CT molecular complexity index is 677. The first-order valence-corrected chi connectivity index (χ1v) is 10.1. The average Bonchev–Trinajstić information content (AvgIpc) is 2.65. The Hall–Kier alpha value is -2.38. The van der Waals surface area contributed by atoms with Crippen LogP contribution in [-0.2, 0) is 0 Å². The summed E-state index contributed by atoms with van der Waals surface area (Å²) in [5.41, 5.74) is 0. The molecular formula is C22H22Si. The van der Waals surface area contributed by atoms with E-state index in [2.05, 4.69) is 111 Å². The van der Waals surface area contributed by atoms with Crippen LogP contribution in [0.2, 0.25) is 0 Å². The minimum atomic E-state index is -2.17. The third-order valence-corrected chi connectivity index (χ3v) is 9.71. The van der Waals surface area contributed by atoms with E-state index in [1.54, 1.807) is 0 Å². The van der Waals surface area contributed by atoms with Crippen molar-refractivity contribution < 1.29 is 0 Å². The minimum absolute atomic E-state index is 1.44. The van der Waals surface area contributed by atoms with Crippen LogP contribution >= 0.6 is 0 Å². The zero-order valence-electron chi connectivity index (χ0n) is 13.7. The Morgan fingerprint density at radius 3 is 1.17 bits per heavy atom. The highest BCUT2D eigenvalue weighted by atomic mass is 28.3. The highest BCUT2D eigenvalue weighted by molar-refractivity contribution is 7.16. The summed E-state index contributed by atoms with van der Waals surface area (Å²) in [5.74, 6) is 0. The maximum atomic E-state index is 2.29. The monoisotopic (exact) mass is 314 g/mol. The van der Waals surface area contributed by atoms with Gasteiger partial charge in [-0.2, -0.15) is 0 Å². The Morgan fingerprint density at radius 2 is 0.913 bits per heavy atom. The highest BCUT2D eigenvalue weighted by Crippen LogP contribution is 2.16. The molecule has 1 heteroatoms. The molecule has 0 aromatic heterocycles. The molecule has 0 aliphatic heterocycles. The fourth-order valence-corrected chi connectivity index (χ4v) is 8.34. The van der Waals surface area contributed by atoms with Crippen molar-refractivity contribution in [1.29, 1.82) is 0 Å². The molecule has 114 valence electrons. The normalized spacial score (nSPS) is 12.2. The summed E-state index contributed by atoms with van der Waals surface area (Å²) in [6.45, 7) is 4.45. The predicted molar refractivity (Wildman–Crippen MR) is 103 cm³/mol. The van der Waals surface area contributed by atoms with Gasteiger partial charge in [0.15, 0.2) is 8.07 Å². The van der Waals surface area contributed by atoms with Gasteiger partial charge in [-0.1, -0.05) is 102 Å². The van der Waals surface area contributed by atoms with Crippen LogP contribution in [0.25, 0.3) is 0 Å². The Balaban J connectivity index is 2.41. The lowest BCUT2D eigenvalue weighted by atomic mass is 10.3. The van der Waals surface area contributed by atoms with Gasteiger partial charge in [0, 0.05) is 0 Å². The topological polar surface area (TPSA) is 0 Å². The smallest absolute Gasteiger partial charge is 0.0916 e. The zero-order chi connectivity index (χ0) is 16.1. The van der Waals surface area contributed by atoms with Crippen LogP contribution in [0.3, 0.4) is 0 Å². The summed E-state index contributed by atoms with van der Waals surface area (Å²) in [6.07, 6.45) is 2.29. The molecule has 0 saturated heterocycles. The molecule has 3 aromatic carbocycles. The molecule has 0 N–H and O–H groups in total. The van der Waals surface area contributed by atoms with Crippen molar-refractivity contribution in [2.75, 3.05) is 0 Å². The van der Waals surface area contributed by atoms with Crippen LogP contribution < -0.4 is 15.6 Å². The fraction of sp³-hybridized carbons (Fsp3) is 0.0909. The predicted octanol–water partition coefficient (Wildman–Crippen LogP) is 3.66. The number of allylic oxidation sites excluding steroid dienone is 2. The second kappa shape index (κ2) is 6.80. The van der Waals surface area contributed by atoms with Crippen molar-refractivity contribution >= 4 is 23.6 Å². The summed E-state index contributed by atoms with van der Waals surface area (Å²) >= 11 is 0. The van der Waals surface area contributed by atoms with Crippen molar-refractivity contribution in [2.45, 2.75) is 13.8 Å². The molecule has 0 atom stereocenters. The van der Waals surface area contributed by atoms with Crippen LogP contribution in [0.1, 0.15) is 13.8 Å². The largest absolute Gasteiger partial charge is 0.175 e. The molecule has 0 nitrogen and oxygen atoms in total. The molecule has 0 amide bonds. The van der Waals surface area contributed by atoms with Crippen LogP contribution in [0.4, 0.5) is 0 Å². The molecule has 0 fully saturated rings. The number of benzene rings is 3. The molecule has 0 saturated carbocycles. The Kier molecular flexibility index (Phi) is 4.59. The van der Waals surface area contributed by atoms with E-state index in [0.29, 0.717) is 0 Å². The van der Waals surface area contributed by atoms with Crippen molar-refractivity contribution in [3.63, 3.8) is 0 Å². The van der Waals surface area contributed by atoms with E-state index in [0.717, 1.165) is 0 Å². The zero-order valence-corrected chi connectivity index (χ0v) is 14.7. The molecule has 3 aromatic rings. The minimum Gasteiger partial charge on any atom is -0.0916 e. The lowest BCUT2D eigenvalue weighted by molar-refractivity contribution is 1.52. The van der Waals surface area contributed by atoms with E-state index in [-0.39, 0.29) is 0 Å². The van der Waals surface area contributed by atoms with E-state index < -0.39 is 8.07 Å². The van der Waals surface area contributed by atoms with Gasteiger partial charge in [-0.25, -0.2) is 0 Å². The number of hydrogen-bond donors (Lipinski definition) is 0. The SMILES string of the molecule is CC=C(C)[Si](c1ccccc1)(c1ccccc1)c1ccccc1. The van der Waals surface area contributed by atoms with Crippen LogP contribution in [0.5, 0.6) is 0 Å². The van der Waals surface area contributed by atoms with Gasteiger partial charge in [-0.05, 0) is 29.4 Å². The van der Waals surface area contributed by atoms with Gasteiger partial charge in [0.25, 0.3) is 0 Å². The van der Waals surface area contributed by atoms with E-state index in [9.17, 15) is 0 Å². The molecule has 0 radical (unpaired) electrons. The molecule has 0 aliphatic carbocycles. The van der Waals surface area contributed by atoms with Gasteiger partial charge in [-0.15, -0.1) is 0 Å². The summed E-state index contributed by atoms with van der Waals surface area (Å²) in [4.78, 5) is 0. The van der Waals surface area contributed by atoms with Crippen molar-refractivity contribution in [3.8, 4) is 0 Å². The Morgan fingerprint density at radius 1 is 0.609 bits per heavy atom. The fourth-order valence-electron chi connectivity index (χ4n) is 3.46. The summed E-state index contributed by atoms with van der Waals surface area (Å²) in [6, 6.07) is 33.0. The standard InChI is InChI=1S/C22H22Si/c1-3-19(2)23(20-13-7-4-8-14-20,21-15-9-5-10-16-21)22-17-11-6-12-18-22/h3-18H,1-2H3. The first-order valence-electron chi connectivity index (χ1n) is 8.10. The van der Waals surface area contributed by atoms with Gasteiger partial charge in [-0.3, -0.25) is 0 Å². The average molecular weight is 315 g/mol. The number of hydrogen-bond acceptors (Lipinski definition) is 0. The van der Waals surface area contributed by atoms with Crippen LogP contribution in [0.15, 0.2) is 102 Å². The maximum Gasteiger partial charge on any atom is 0.175 e. The third kappa shape index (κ3) is 2.69. The molecule has 0 spiro atoms.